The SMILES string of the molecule is O=C1CCC(COF)(COC(=O)C2CC2)O1. The fourth-order valence-electron chi connectivity index (χ4n) is 1.66. The molecule has 2 fully saturated rings. The minimum Gasteiger partial charge on any atom is -0.461 e. The summed E-state index contributed by atoms with van der Waals surface area (Å²) in [7, 11) is 0. The Morgan fingerprint density at radius 2 is 2.25 bits per heavy atom. The van der Waals surface area contributed by atoms with Crippen molar-refractivity contribution in [2.45, 2.75) is 31.3 Å². The lowest BCUT2D eigenvalue weighted by Gasteiger charge is -2.24. The molecule has 0 spiro atoms. The van der Waals surface area contributed by atoms with Gasteiger partial charge in [0.2, 0.25) is 0 Å². The highest BCUT2D eigenvalue weighted by Gasteiger charge is 2.43. The Bertz CT molecular complexity index is 302. The first-order valence-electron chi connectivity index (χ1n) is 5.27. The summed E-state index contributed by atoms with van der Waals surface area (Å²) in [6.45, 7) is -0.519. The quantitative estimate of drug-likeness (QED) is 0.659. The maximum Gasteiger partial charge on any atom is 0.309 e. The van der Waals surface area contributed by atoms with Crippen molar-refractivity contribution in [3.8, 4) is 0 Å². The van der Waals surface area contributed by atoms with Gasteiger partial charge in [0.15, 0.2) is 5.60 Å². The Labute approximate surface area is 91.7 Å². The van der Waals surface area contributed by atoms with Crippen LogP contribution >= 0.6 is 0 Å². The van der Waals surface area contributed by atoms with Crippen LogP contribution in [-0.4, -0.2) is 30.8 Å². The molecule has 0 amide bonds. The van der Waals surface area contributed by atoms with Crippen molar-refractivity contribution < 1.29 is 28.5 Å². The number of carbonyl (C=O) groups is 2. The van der Waals surface area contributed by atoms with Gasteiger partial charge in [0.1, 0.15) is 13.2 Å². The number of carbonyl (C=O) groups excluding carboxylic acids is 2. The molecule has 1 saturated heterocycles. The number of hydrogen-bond donors (Lipinski definition) is 0. The molecule has 1 atom stereocenters. The van der Waals surface area contributed by atoms with Crippen molar-refractivity contribution in [3.63, 3.8) is 0 Å². The molecule has 1 heterocycles. The van der Waals surface area contributed by atoms with Crippen molar-refractivity contribution in [3.05, 3.63) is 0 Å². The van der Waals surface area contributed by atoms with Crippen LogP contribution < -0.4 is 0 Å². The Morgan fingerprint density at radius 1 is 1.50 bits per heavy atom. The summed E-state index contributed by atoms with van der Waals surface area (Å²) >= 11 is 0. The topological polar surface area (TPSA) is 61.8 Å². The number of ether oxygens (including phenoxy) is 2. The number of hydrogen-bond acceptors (Lipinski definition) is 5. The standard InChI is InChI=1S/C10H13FO5/c11-15-6-10(4-3-8(12)16-10)5-14-9(13)7-1-2-7/h7H,1-6H2. The first-order chi connectivity index (χ1) is 7.65. The molecule has 6 heteroatoms. The summed E-state index contributed by atoms with van der Waals surface area (Å²) in [5.41, 5.74) is -1.13. The van der Waals surface area contributed by atoms with Gasteiger partial charge in [-0.3, -0.25) is 9.59 Å². The molecule has 1 unspecified atom stereocenters. The summed E-state index contributed by atoms with van der Waals surface area (Å²) in [6.07, 6.45) is 2.19. The fourth-order valence-corrected chi connectivity index (χ4v) is 1.66. The Balaban J connectivity index is 1.86. The van der Waals surface area contributed by atoms with Crippen LogP contribution in [0.2, 0.25) is 0 Å². The van der Waals surface area contributed by atoms with E-state index >= 15 is 0 Å². The van der Waals surface area contributed by atoms with Crippen LogP contribution in [0.25, 0.3) is 0 Å². The highest BCUT2D eigenvalue weighted by molar-refractivity contribution is 5.75. The highest BCUT2D eigenvalue weighted by atomic mass is 19.3. The van der Waals surface area contributed by atoms with Crippen LogP contribution in [-0.2, 0) is 24.0 Å². The van der Waals surface area contributed by atoms with Crippen LogP contribution in [0, 0.1) is 5.92 Å². The van der Waals surface area contributed by atoms with Crippen LogP contribution in [0.4, 0.5) is 4.53 Å². The summed E-state index contributed by atoms with van der Waals surface area (Å²) in [5, 5.41) is 0. The minimum atomic E-state index is -1.13. The molecular formula is C10H13FO5. The van der Waals surface area contributed by atoms with Gasteiger partial charge in [-0.05, 0) is 17.4 Å². The average Bonchev–Trinajstić information content (AvgIpc) is 3.03. The zero-order valence-corrected chi connectivity index (χ0v) is 8.74. The van der Waals surface area contributed by atoms with E-state index < -0.39 is 18.2 Å². The third-order valence-corrected chi connectivity index (χ3v) is 2.82. The zero-order valence-electron chi connectivity index (χ0n) is 8.74. The lowest BCUT2D eigenvalue weighted by molar-refractivity contribution is -0.205. The summed E-state index contributed by atoms with van der Waals surface area (Å²) < 4.78 is 21.8. The van der Waals surface area contributed by atoms with Crippen LogP contribution in [0.15, 0.2) is 0 Å². The lowest BCUT2D eigenvalue weighted by atomic mass is 10.0. The van der Waals surface area contributed by atoms with Gasteiger partial charge in [0, 0.05) is 12.8 Å². The van der Waals surface area contributed by atoms with E-state index in [1.807, 2.05) is 0 Å². The normalized spacial score (nSPS) is 28.9. The first-order valence-corrected chi connectivity index (χ1v) is 5.27. The van der Waals surface area contributed by atoms with Crippen molar-refractivity contribution >= 4 is 11.9 Å². The van der Waals surface area contributed by atoms with Crippen molar-refractivity contribution in [1.82, 2.24) is 0 Å². The molecule has 1 aliphatic heterocycles. The van der Waals surface area contributed by atoms with Gasteiger partial charge in [-0.25, -0.2) is 0 Å². The predicted octanol–water partition coefficient (Wildman–Crippen LogP) is 0.916. The number of esters is 2. The van der Waals surface area contributed by atoms with Crippen LogP contribution in [0.3, 0.4) is 0 Å². The fraction of sp³-hybridized carbons (Fsp3) is 0.800. The van der Waals surface area contributed by atoms with E-state index in [1.165, 1.54) is 0 Å². The maximum atomic E-state index is 11.9. The first kappa shape index (κ1) is 11.3. The third kappa shape index (κ3) is 2.49. The summed E-state index contributed by atoms with van der Waals surface area (Å²) in [5.74, 6) is -0.749. The smallest absolute Gasteiger partial charge is 0.309 e. The molecule has 16 heavy (non-hydrogen) atoms. The second-order valence-electron chi connectivity index (χ2n) is 4.29. The molecule has 0 radical (unpaired) electrons. The molecule has 5 nitrogen and oxygen atoms in total. The molecule has 2 aliphatic rings. The van der Waals surface area contributed by atoms with Gasteiger partial charge in [-0.1, -0.05) is 0 Å². The average molecular weight is 232 g/mol. The van der Waals surface area contributed by atoms with Crippen molar-refractivity contribution in [2.75, 3.05) is 13.2 Å². The third-order valence-electron chi connectivity index (χ3n) is 2.82. The van der Waals surface area contributed by atoms with E-state index in [0.29, 0.717) is 6.42 Å². The van der Waals surface area contributed by atoms with Crippen molar-refractivity contribution in [2.24, 2.45) is 5.92 Å². The Hall–Kier alpha value is -1.17. The predicted molar refractivity (Wildman–Crippen MR) is 48.8 cm³/mol. The number of cyclic esters (lactones) is 1. The van der Waals surface area contributed by atoms with E-state index in [1.54, 1.807) is 0 Å². The van der Waals surface area contributed by atoms with Crippen LogP contribution in [0.1, 0.15) is 25.7 Å². The molecule has 0 bridgehead atoms. The molecule has 0 N–H and O–H groups in total. The van der Waals surface area contributed by atoms with Gasteiger partial charge in [0.25, 0.3) is 0 Å². The molecular weight excluding hydrogens is 219 g/mol. The molecule has 0 aromatic carbocycles. The van der Waals surface area contributed by atoms with E-state index in [4.69, 9.17) is 9.47 Å². The summed E-state index contributed by atoms with van der Waals surface area (Å²) in [6, 6.07) is 0. The second kappa shape index (κ2) is 4.37. The molecule has 1 saturated carbocycles. The van der Waals surface area contributed by atoms with Gasteiger partial charge in [-0.2, -0.15) is 4.94 Å². The van der Waals surface area contributed by atoms with Gasteiger partial charge >= 0.3 is 11.9 Å². The van der Waals surface area contributed by atoms with E-state index in [0.717, 1.165) is 12.8 Å². The van der Waals surface area contributed by atoms with Gasteiger partial charge in [-0.15, -0.1) is 0 Å². The van der Waals surface area contributed by atoms with Gasteiger partial charge in [0.05, 0.1) is 5.92 Å². The van der Waals surface area contributed by atoms with E-state index in [9.17, 15) is 14.1 Å². The zero-order chi connectivity index (χ0) is 11.6. The van der Waals surface area contributed by atoms with Crippen molar-refractivity contribution in [1.29, 1.82) is 0 Å². The Kier molecular flexibility index (Phi) is 3.09. The van der Waals surface area contributed by atoms with E-state index in [2.05, 4.69) is 4.94 Å². The molecule has 2 rings (SSSR count). The lowest BCUT2D eigenvalue weighted by Crippen LogP contribution is -2.39. The minimum absolute atomic E-state index is 0.0274. The summed E-state index contributed by atoms with van der Waals surface area (Å²) in [4.78, 5) is 25.8. The second-order valence-corrected chi connectivity index (χ2v) is 4.29. The number of rotatable bonds is 5. The largest absolute Gasteiger partial charge is 0.461 e. The highest BCUT2D eigenvalue weighted by Crippen LogP contribution is 2.32. The molecule has 90 valence electrons. The van der Waals surface area contributed by atoms with Gasteiger partial charge < -0.3 is 9.47 Å². The molecule has 0 aromatic heterocycles. The monoisotopic (exact) mass is 232 g/mol. The molecule has 0 aromatic rings. The van der Waals surface area contributed by atoms with Crippen LogP contribution in [0.5, 0.6) is 0 Å². The Morgan fingerprint density at radius 3 is 2.75 bits per heavy atom. The number of halogens is 1. The van der Waals surface area contributed by atoms with E-state index in [-0.39, 0.29) is 24.9 Å². The molecule has 1 aliphatic carbocycles. The maximum absolute atomic E-state index is 11.9.